The fourth-order valence-corrected chi connectivity index (χ4v) is 3.31. The summed E-state index contributed by atoms with van der Waals surface area (Å²) in [5.41, 5.74) is 3.28. The van der Waals surface area contributed by atoms with Crippen LogP contribution in [0, 0.1) is 0 Å². The second-order valence-corrected chi connectivity index (χ2v) is 5.89. The predicted octanol–water partition coefficient (Wildman–Crippen LogP) is 3.73. The summed E-state index contributed by atoms with van der Waals surface area (Å²) in [6, 6.07) is 14.5. The number of benzene rings is 2. The first-order valence-electron chi connectivity index (χ1n) is 7.71. The average molecular weight is 306 g/mol. The molecular formula is C19H18N2O2. The van der Waals surface area contributed by atoms with Crippen LogP contribution < -0.4 is 9.47 Å². The topological polar surface area (TPSA) is 44.2 Å². The van der Waals surface area contributed by atoms with E-state index in [0.717, 1.165) is 29.4 Å². The molecule has 1 aromatic heterocycles. The van der Waals surface area contributed by atoms with Crippen molar-refractivity contribution in [2.24, 2.45) is 0 Å². The molecule has 0 radical (unpaired) electrons. The van der Waals surface area contributed by atoms with Crippen molar-refractivity contribution in [2.75, 3.05) is 14.2 Å². The number of methoxy groups -OCH3 is 2. The summed E-state index contributed by atoms with van der Waals surface area (Å²) in [5, 5.41) is 1.03. The van der Waals surface area contributed by atoms with Crippen molar-refractivity contribution in [1.82, 2.24) is 9.97 Å². The van der Waals surface area contributed by atoms with Gasteiger partial charge in [-0.1, -0.05) is 30.3 Å². The summed E-state index contributed by atoms with van der Waals surface area (Å²) in [4.78, 5) is 9.06. The van der Waals surface area contributed by atoms with Gasteiger partial charge in [-0.15, -0.1) is 0 Å². The molecule has 0 aliphatic heterocycles. The quantitative estimate of drug-likeness (QED) is 0.737. The molecule has 0 amide bonds. The van der Waals surface area contributed by atoms with Crippen LogP contribution in [0.1, 0.15) is 24.1 Å². The highest BCUT2D eigenvalue weighted by Gasteiger charge is 2.48. The van der Waals surface area contributed by atoms with Gasteiger partial charge in [-0.2, -0.15) is 0 Å². The van der Waals surface area contributed by atoms with Crippen LogP contribution in [-0.4, -0.2) is 24.2 Å². The Labute approximate surface area is 135 Å². The lowest BCUT2D eigenvalue weighted by atomic mass is 9.90. The van der Waals surface area contributed by atoms with Crippen molar-refractivity contribution in [1.29, 1.82) is 0 Å². The van der Waals surface area contributed by atoms with Gasteiger partial charge in [0.05, 0.1) is 25.4 Å². The number of rotatable bonds is 4. The van der Waals surface area contributed by atoms with E-state index in [1.807, 2.05) is 18.2 Å². The molecule has 1 aliphatic carbocycles. The molecule has 4 rings (SSSR count). The molecule has 0 unspecified atom stereocenters. The van der Waals surface area contributed by atoms with E-state index < -0.39 is 0 Å². The average Bonchev–Trinajstić information content (AvgIpc) is 3.42. The van der Waals surface area contributed by atoms with Gasteiger partial charge in [-0.05, 0) is 24.5 Å². The van der Waals surface area contributed by atoms with Crippen LogP contribution in [0.3, 0.4) is 0 Å². The summed E-state index contributed by atoms with van der Waals surface area (Å²) >= 11 is 0. The summed E-state index contributed by atoms with van der Waals surface area (Å²) in [5.74, 6) is 1.40. The second-order valence-electron chi connectivity index (χ2n) is 5.89. The zero-order chi connectivity index (χ0) is 15.9. The van der Waals surface area contributed by atoms with Crippen LogP contribution in [0.25, 0.3) is 10.9 Å². The molecule has 1 aliphatic rings. The van der Waals surface area contributed by atoms with Crippen LogP contribution in [0.2, 0.25) is 0 Å². The normalized spacial score (nSPS) is 15.4. The van der Waals surface area contributed by atoms with E-state index in [1.54, 1.807) is 20.5 Å². The Balaban J connectivity index is 1.94. The zero-order valence-corrected chi connectivity index (χ0v) is 13.2. The van der Waals surface area contributed by atoms with Gasteiger partial charge in [-0.3, -0.25) is 0 Å². The molecule has 1 saturated carbocycles. The maximum absolute atomic E-state index is 5.46. The van der Waals surface area contributed by atoms with Crippen molar-refractivity contribution in [2.45, 2.75) is 18.3 Å². The van der Waals surface area contributed by atoms with Gasteiger partial charge in [-0.25, -0.2) is 9.97 Å². The molecule has 4 heteroatoms. The lowest BCUT2D eigenvalue weighted by Crippen LogP contribution is -2.12. The van der Waals surface area contributed by atoms with Crippen LogP contribution in [0.15, 0.2) is 48.8 Å². The Kier molecular flexibility index (Phi) is 3.18. The van der Waals surface area contributed by atoms with Crippen LogP contribution >= 0.6 is 0 Å². The number of hydrogen-bond acceptors (Lipinski definition) is 4. The zero-order valence-electron chi connectivity index (χ0n) is 13.2. The molecule has 4 nitrogen and oxygen atoms in total. The summed E-state index contributed by atoms with van der Waals surface area (Å²) in [6.45, 7) is 0. The largest absolute Gasteiger partial charge is 0.493 e. The number of ether oxygens (including phenoxy) is 2. The molecule has 0 atom stereocenters. The maximum atomic E-state index is 5.46. The molecule has 0 spiro atoms. The lowest BCUT2D eigenvalue weighted by Gasteiger charge is -2.18. The highest BCUT2D eigenvalue weighted by molar-refractivity contribution is 5.86. The van der Waals surface area contributed by atoms with Gasteiger partial charge >= 0.3 is 0 Å². The molecule has 1 heterocycles. The van der Waals surface area contributed by atoms with Crippen LogP contribution in [0.4, 0.5) is 0 Å². The number of fused-ring (bicyclic) bond motifs is 1. The van der Waals surface area contributed by atoms with E-state index in [9.17, 15) is 0 Å². The minimum Gasteiger partial charge on any atom is -0.493 e. The fraction of sp³-hybridized carbons (Fsp3) is 0.263. The van der Waals surface area contributed by atoms with E-state index >= 15 is 0 Å². The van der Waals surface area contributed by atoms with Crippen molar-refractivity contribution < 1.29 is 9.47 Å². The highest BCUT2D eigenvalue weighted by Crippen LogP contribution is 2.54. The molecule has 116 valence electrons. The van der Waals surface area contributed by atoms with Gasteiger partial charge in [0.2, 0.25) is 0 Å². The Morgan fingerprint density at radius 3 is 2.26 bits per heavy atom. The Morgan fingerprint density at radius 2 is 1.61 bits per heavy atom. The van der Waals surface area contributed by atoms with Crippen molar-refractivity contribution in [3.05, 3.63) is 60.0 Å². The van der Waals surface area contributed by atoms with E-state index in [-0.39, 0.29) is 5.41 Å². The van der Waals surface area contributed by atoms with Crippen molar-refractivity contribution in [3.8, 4) is 11.5 Å². The fourth-order valence-electron chi connectivity index (χ4n) is 3.31. The Bertz CT molecular complexity index is 858. The third-order valence-electron chi connectivity index (χ3n) is 4.67. The Morgan fingerprint density at radius 1 is 0.913 bits per heavy atom. The number of nitrogens with zero attached hydrogens (tertiary/aromatic N) is 2. The Hall–Kier alpha value is -2.62. The van der Waals surface area contributed by atoms with Crippen molar-refractivity contribution >= 4 is 10.9 Å². The summed E-state index contributed by atoms with van der Waals surface area (Å²) < 4.78 is 10.8. The molecule has 2 aromatic carbocycles. The summed E-state index contributed by atoms with van der Waals surface area (Å²) in [6.07, 6.45) is 3.86. The monoisotopic (exact) mass is 306 g/mol. The van der Waals surface area contributed by atoms with Gasteiger partial charge in [0.15, 0.2) is 11.5 Å². The predicted molar refractivity (Wildman–Crippen MR) is 89.1 cm³/mol. The van der Waals surface area contributed by atoms with Gasteiger partial charge in [0.1, 0.15) is 6.33 Å². The number of aromatic nitrogens is 2. The van der Waals surface area contributed by atoms with E-state index in [2.05, 4.69) is 34.2 Å². The highest BCUT2D eigenvalue weighted by atomic mass is 16.5. The minimum absolute atomic E-state index is 0.00203. The van der Waals surface area contributed by atoms with E-state index in [4.69, 9.17) is 9.47 Å². The van der Waals surface area contributed by atoms with E-state index in [0.29, 0.717) is 11.5 Å². The van der Waals surface area contributed by atoms with Crippen LogP contribution in [-0.2, 0) is 5.41 Å². The standard InChI is InChI=1S/C19H18N2O2/c1-22-16-10-14-15(11-17(16)23-2)20-12-21-18(14)19(8-9-19)13-6-4-3-5-7-13/h3-7,10-12H,8-9H2,1-2H3. The molecule has 0 saturated heterocycles. The van der Waals surface area contributed by atoms with Gasteiger partial charge in [0.25, 0.3) is 0 Å². The lowest BCUT2D eigenvalue weighted by molar-refractivity contribution is 0.355. The second kappa shape index (κ2) is 5.23. The molecule has 23 heavy (non-hydrogen) atoms. The molecular weight excluding hydrogens is 288 g/mol. The third kappa shape index (κ3) is 2.13. The maximum Gasteiger partial charge on any atom is 0.162 e. The summed E-state index contributed by atoms with van der Waals surface area (Å²) in [7, 11) is 3.29. The minimum atomic E-state index is 0.00203. The smallest absolute Gasteiger partial charge is 0.162 e. The molecule has 1 fully saturated rings. The van der Waals surface area contributed by atoms with Gasteiger partial charge in [0, 0.05) is 16.9 Å². The third-order valence-corrected chi connectivity index (χ3v) is 4.67. The first-order valence-corrected chi connectivity index (χ1v) is 7.71. The first-order chi connectivity index (χ1) is 11.3. The number of hydrogen-bond donors (Lipinski definition) is 0. The van der Waals surface area contributed by atoms with E-state index in [1.165, 1.54) is 5.56 Å². The van der Waals surface area contributed by atoms with Gasteiger partial charge < -0.3 is 9.47 Å². The SMILES string of the molecule is COc1cc2ncnc(C3(c4ccccc4)CC3)c2cc1OC. The van der Waals surface area contributed by atoms with Crippen molar-refractivity contribution in [3.63, 3.8) is 0 Å². The first kappa shape index (κ1) is 14.0. The molecule has 3 aromatic rings. The van der Waals surface area contributed by atoms with Crippen LogP contribution in [0.5, 0.6) is 11.5 Å². The molecule has 0 bridgehead atoms. The molecule has 0 N–H and O–H groups in total.